The van der Waals surface area contributed by atoms with Crippen molar-refractivity contribution in [3.8, 4) is 11.1 Å². The summed E-state index contributed by atoms with van der Waals surface area (Å²) in [4.78, 5) is 12.9. The Labute approximate surface area is 122 Å². The minimum Gasteiger partial charge on any atom is -0.460 e. The fourth-order valence-electron chi connectivity index (χ4n) is 2.63. The topological polar surface area (TPSA) is 50.4 Å². The molecule has 3 aromatic rings. The molecule has 106 valence electrons. The smallest absolute Gasteiger partial charge is 0.201 e. The Balaban J connectivity index is 2.41. The Morgan fingerprint density at radius 3 is 2.52 bits per heavy atom. The second-order valence-corrected chi connectivity index (χ2v) is 5.02. The van der Waals surface area contributed by atoms with Crippen LogP contribution in [0.15, 0.2) is 57.7 Å². The molecule has 0 bridgehead atoms. The molecule has 0 saturated heterocycles. The first-order chi connectivity index (χ1) is 10.2. The van der Waals surface area contributed by atoms with Crippen molar-refractivity contribution in [3.05, 3.63) is 70.1 Å². The third kappa shape index (κ3) is 2.36. The molecule has 3 heteroatoms. The van der Waals surface area contributed by atoms with Gasteiger partial charge in [-0.05, 0) is 24.1 Å². The van der Waals surface area contributed by atoms with E-state index in [-0.39, 0.29) is 12.0 Å². The summed E-state index contributed by atoms with van der Waals surface area (Å²) in [7, 11) is 0. The molecule has 21 heavy (non-hydrogen) atoms. The van der Waals surface area contributed by atoms with Gasteiger partial charge in [0.2, 0.25) is 5.43 Å². The van der Waals surface area contributed by atoms with Crippen molar-refractivity contribution < 1.29 is 9.52 Å². The summed E-state index contributed by atoms with van der Waals surface area (Å²) in [6.45, 7) is 1.85. The molecule has 1 N–H and O–H groups in total. The normalized spacial score (nSPS) is 11.0. The van der Waals surface area contributed by atoms with Crippen LogP contribution in [-0.2, 0) is 6.42 Å². The first-order valence-corrected chi connectivity index (χ1v) is 6.94. The SMILES string of the molecule is Cc1cccc2oc(CCO)c(-c3ccccc3)c(=O)c12. The summed E-state index contributed by atoms with van der Waals surface area (Å²) in [5.41, 5.74) is 2.80. The van der Waals surface area contributed by atoms with E-state index in [0.29, 0.717) is 28.7 Å². The van der Waals surface area contributed by atoms with E-state index in [1.54, 1.807) is 6.07 Å². The number of hydrogen-bond acceptors (Lipinski definition) is 3. The fourth-order valence-corrected chi connectivity index (χ4v) is 2.63. The molecule has 0 atom stereocenters. The van der Waals surface area contributed by atoms with Crippen LogP contribution in [0, 0.1) is 6.92 Å². The number of rotatable bonds is 3. The van der Waals surface area contributed by atoms with Crippen molar-refractivity contribution >= 4 is 11.0 Å². The molecule has 0 aliphatic carbocycles. The first-order valence-electron chi connectivity index (χ1n) is 6.94. The van der Waals surface area contributed by atoms with E-state index >= 15 is 0 Å². The van der Waals surface area contributed by atoms with Gasteiger partial charge in [-0.2, -0.15) is 0 Å². The van der Waals surface area contributed by atoms with Gasteiger partial charge in [-0.25, -0.2) is 0 Å². The highest BCUT2D eigenvalue weighted by Crippen LogP contribution is 2.26. The lowest BCUT2D eigenvalue weighted by molar-refractivity contribution is 0.289. The van der Waals surface area contributed by atoms with Gasteiger partial charge in [0.1, 0.15) is 11.3 Å². The number of aliphatic hydroxyl groups is 1. The molecule has 0 fully saturated rings. The van der Waals surface area contributed by atoms with Crippen LogP contribution in [0.4, 0.5) is 0 Å². The lowest BCUT2D eigenvalue weighted by atomic mass is 9.99. The average molecular weight is 280 g/mol. The van der Waals surface area contributed by atoms with Crippen LogP contribution in [0.5, 0.6) is 0 Å². The molecular weight excluding hydrogens is 264 g/mol. The van der Waals surface area contributed by atoms with Gasteiger partial charge in [0.05, 0.1) is 17.6 Å². The second-order valence-electron chi connectivity index (χ2n) is 5.02. The fraction of sp³-hybridized carbons (Fsp3) is 0.167. The van der Waals surface area contributed by atoms with Gasteiger partial charge in [0.25, 0.3) is 0 Å². The van der Waals surface area contributed by atoms with Crippen LogP contribution >= 0.6 is 0 Å². The quantitative estimate of drug-likeness (QED) is 0.800. The molecule has 0 radical (unpaired) electrons. The van der Waals surface area contributed by atoms with E-state index in [4.69, 9.17) is 4.42 Å². The van der Waals surface area contributed by atoms with Crippen molar-refractivity contribution in [2.24, 2.45) is 0 Å². The van der Waals surface area contributed by atoms with Crippen molar-refractivity contribution in [2.75, 3.05) is 6.61 Å². The first kappa shape index (κ1) is 13.6. The van der Waals surface area contributed by atoms with Gasteiger partial charge in [-0.1, -0.05) is 42.5 Å². The van der Waals surface area contributed by atoms with Gasteiger partial charge in [0.15, 0.2) is 0 Å². The number of fused-ring (bicyclic) bond motifs is 1. The Hall–Kier alpha value is -2.39. The molecule has 3 nitrogen and oxygen atoms in total. The molecule has 0 spiro atoms. The predicted molar refractivity (Wildman–Crippen MR) is 83.4 cm³/mol. The largest absolute Gasteiger partial charge is 0.460 e. The van der Waals surface area contributed by atoms with Crippen LogP contribution in [0.1, 0.15) is 11.3 Å². The highest BCUT2D eigenvalue weighted by molar-refractivity contribution is 5.85. The molecule has 0 saturated carbocycles. The maximum Gasteiger partial charge on any atom is 0.201 e. The van der Waals surface area contributed by atoms with Crippen LogP contribution in [0.25, 0.3) is 22.1 Å². The van der Waals surface area contributed by atoms with Crippen molar-refractivity contribution in [1.82, 2.24) is 0 Å². The third-order valence-corrected chi connectivity index (χ3v) is 3.60. The molecule has 0 unspecified atom stereocenters. The summed E-state index contributed by atoms with van der Waals surface area (Å²) >= 11 is 0. The van der Waals surface area contributed by atoms with Crippen LogP contribution < -0.4 is 5.43 Å². The van der Waals surface area contributed by atoms with E-state index in [2.05, 4.69) is 0 Å². The van der Waals surface area contributed by atoms with E-state index in [1.807, 2.05) is 49.4 Å². The van der Waals surface area contributed by atoms with Crippen LogP contribution in [0.3, 0.4) is 0 Å². The minimum absolute atomic E-state index is 0.0380. The van der Waals surface area contributed by atoms with Crippen LogP contribution in [0.2, 0.25) is 0 Å². The zero-order valence-electron chi connectivity index (χ0n) is 11.8. The number of hydrogen-bond donors (Lipinski definition) is 1. The van der Waals surface area contributed by atoms with Gasteiger partial charge < -0.3 is 9.52 Å². The standard InChI is InChI=1S/C18H16O3/c1-12-6-5-9-14-16(12)18(20)17(15(21-14)10-11-19)13-7-3-2-4-8-13/h2-9,19H,10-11H2,1H3. The summed E-state index contributed by atoms with van der Waals surface area (Å²) in [6.07, 6.45) is 0.323. The Morgan fingerprint density at radius 2 is 1.81 bits per heavy atom. The summed E-state index contributed by atoms with van der Waals surface area (Å²) in [6, 6.07) is 15.0. The van der Waals surface area contributed by atoms with Crippen molar-refractivity contribution in [2.45, 2.75) is 13.3 Å². The molecule has 2 aromatic carbocycles. The number of aliphatic hydroxyl groups excluding tert-OH is 1. The minimum atomic E-state index is -0.0555. The van der Waals surface area contributed by atoms with Gasteiger partial charge in [-0.3, -0.25) is 4.79 Å². The van der Waals surface area contributed by atoms with Gasteiger partial charge >= 0.3 is 0 Å². The summed E-state index contributed by atoms with van der Waals surface area (Å²) in [5.74, 6) is 0.534. The van der Waals surface area contributed by atoms with Crippen molar-refractivity contribution in [1.29, 1.82) is 0 Å². The van der Waals surface area contributed by atoms with Crippen molar-refractivity contribution in [3.63, 3.8) is 0 Å². The zero-order chi connectivity index (χ0) is 14.8. The molecule has 0 aliphatic rings. The molecular formula is C18H16O3. The van der Waals surface area contributed by atoms with Gasteiger partial charge in [-0.15, -0.1) is 0 Å². The van der Waals surface area contributed by atoms with Gasteiger partial charge in [0, 0.05) is 6.42 Å². The van der Waals surface area contributed by atoms with Crippen LogP contribution in [-0.4, -0.2) is 11.7 Å². The monoisotopic (exact) mass is 280 g/mol. The molecule has 1 heterocycles. The Morgan fingerprint density at radius 1 is 1.05 bits per heavy atom. The van der Waals surface area contributed by atoms with E-state index in [1.165, 1.54) is 0 Å². The molecule has 0 aliphatic heterocycles. The Kier molecular flexibility index (Phi) is 3.59. The molecule has 3 rings (SSSR count). The highest BCUT2D eigenvalue weighted by atomic mass is 16.3. The number of aryl methyl sites for hydroxylation is 1. The predicted octanol–water partition coefficient (Wildman–Crippen LogP) is 3.30. The third-order valence-electron chi connectivity index (χ3n) is 3.60. The molecule has 0 amide bonds. The average Bonchev–Trinajstić information content (AvgIpc) is 2.48. The number of benzene rings is 2. The molecule has 1 aromatic heterocycles. The van der Waals surface area contributed by atoms with E-state index in [0.717, 1.165) is 11.1 Å². The maximum absolute atomic E-state index is 12.9. The summed E-state index contributed by atoms with van der Waals surface area (Å²) < 4.78 is 5.89. The van der Waals surface area contributed by atoms with E-state index in [9.17, 15) is 9.90 Å². The maximum atomic E-state index is 12.9. The zero-order valence-corrected chi connectivity index (χ0v) is 11.8. The summed E-state index contributed by atoms with van der Waals surface area (Å²) in [5, 5.41) is 9.86. The highest BCUT2D eigenvalue weighted by Gasteiger charge is 2.16. The lowest BCUT2D eigenvalue weighted by Crippen LogP contribution is -2.11. The Bertz CT molecular complexity index is 832. The van der Waals surface area contributed by atoms with E-state index < -0.39 is 0 Å². The lowest BCUT2D eigenvalue weighted by Gasteiger charge is -2.10. The second kappa shape index (κ2) is 5.54.